The van der Waals surface area contributed by atoms with Gasteiger partial charge in [0.15, 0.2) is 6.61 Å². The van der Waals surface area contributed by atoms with Gasteiger partial charge < -0.3 is 9.47 Å². The van der Waals surface area contributed by atoms with Crippen molar-refractivity contribution in [2.75, 3.05) is 24.7 Å². The summed E-state index contributed by atoms with van der Waals surface area (Å²) in [5.41, 5.74) is 3.12. The van der Waals surface area contributed by atoms with Crippen LogP contribution in [0.4, 0.5) is 5.69 Å². The molecular formula is C21H23N3O4. The molecular weight excluding hydrogens is 358 g/mol. The van der Waals surface area contributed by atoms with Crippen LogP contribution >= 0.6 is 0 Å². The average Bonchev–Trinajstić information content (AvgIpc) is 2.64. The predicted molar refractivity (Wildman–Crippen MR) is 104 cm³/mol. The zero-order valence-corrected chi connectivity index (χ0v) is 16.5. The minimum Gasteiger partial charge on any atom is -0.467 e. The number of aromatic nitrogens is 1. The number of nitriles is 1. The van der Waals surface area contributed by atoms with Crippen LogP contribution in [0.25, 0.3) is 0 Å². The Hall–Kier alpha value is -3.40. The van der Waals surface area contributed by atoms with Crippen LogP contribution in [0.5, 0.6) is 5.88 Å². The maximum atomic E-state index is 12.9. The molecule has 1 aromatic heterocycles. The summed E-state index contributed by atoms with van der Waals surface area (Å²) in [7, 11) is 0. The summed E-state index contributed by atoms with van der Waals surface area (Å²) in [6.07, 6.45) is 0. The van der Waals surface area contributed by atoms with Gasteiger partial charge in [-0.1, -0.05) is 18.2 Å². The molecule has 1 heterocycles. The third-order valence-corrected chi connectivity index (χ3v) is 4.06. The maximum Gasteiger partial charge on any atom is 0.326 e. The Kier molecular flexibility index (Phi) is 7.10. The Bertz CT molecular complexity index is 918. The fraction of sp³-hybridized carbons (Fsp3) is 0.333. The van der Waals surface area contributed by atoms with Crippen molar-refractivity contribution >= 4 is 17.6 Å². The molecule has 2 aromatic rings. The second-order valence-electron chi connectivity index (χ2n) is 6.23. The van der Waals surface area contributed by atoms with Crippen LogP contribution in [0.1, 0.15) is 29.3 Å². The summed E-state index contributed by atoms with van der Waals surface area (Å²) in [6, 6.07) is 11.1. The fourth-order valence-electron chi connectivity index (χ4n) is 2.76. The van der Waals surface area contributed by atoms with Gasteiger partial charge >= 0.3 is 5.97 Å². The lowest BCUT2D eigenvalue weighted by atomic mass is 10.1. The zero-order chi connectivity index (χ0) is 20.7. The van der Waals surface area contributed by atoms with Crippen LogP contribution in [-0.4, -0.2) is 36.6 Å². The lowest BCUT2D eigenvalue weighted by Crippen LogP contribution is -2.40. The molecule has 28 heavy (non-hydrogen) atoms. The minimum absolute atomic E-state index is 0.106. The number of amides is 1. The third kappa shape index (κ3) is 5.07. The highest BCUT2D eigenvalue weighted by molar-refractivity contribution is 5.99. The van der Waals surface area contributed by atoms with Crippen LogP contribution in [-0.2, 0) is 14.3 Å². The first kappa shape index (κ1) is 20.9. The number of benzene rings is 1. The number of hydrogen-bond acceptors (Lipinski definition) is 6. The van der Waals surface area contributed by atoms with Crippen molar-refractivity contribution in [1.82, 2.24) is 4.98 Å². The molecule has 1 amide bonds. The van der Waals surface area contributed by atoms with E-state index in [9.17, 15) is 14.9 Å². The van der Waals surface area contributed by atoms with E-state index < -0.39 is 11.9 Å². The van der Waals surface area contributed by atoms with Gasteiger partial charge in [-0.25, -0.2) is 4.98 Å². The number of aryl methyl sites for hydroxylation is 3. The second-order valence-corrected chi connectivity index (χ2v) is 6.23. The molecule has 0 spiro atoms. The highest BCUT2D eigenvalue weighted by Gasteiger charge is 2.22. The van der Waals surface area contributed by atoms with Gasteiger partial charge in [0.2, 0.25) is 5.88 Å². The molecule has 0 N–H and O–H groups in total. The molecule has 0 unspecified atom stereocenters. The number of carbonyl (C=O) groups excluding carboxylic acids is 2. The second kappa shape index (κ2) is 9.51. The van der Waals surface area contributed by atoms with Gasteiger partial charge in [0, 0.05) is 11.4 Å². The third-order valence-electron chi connectivity index (χ3n) is 4.06. The number of anilines is 1. The first-order valence-corrected chi connectivity index (χ1v) is 8.90. The van der Waals surface area contributed by atoms with E-state index in [2.05, 4.69) is 4.98 Å². The van der Waals surface area contributed by atoms with Crippen LogP contribution < -0.4 is 9.64 Å². The largest absolute Gasteiger partial charge is 0.467 e. The highest BCUT2D eigenvalue weighted by atomic mass is 16.5. The minimum atomic E-state index is -0.513. The van der Waals surface area contributed by atoms with Gasteiger partial charge in [-0.3, -0.25) is 14.5 Å². The maximum absolute atomic E-state index is 12.9. The molecule has 0 radical (unpaired) electrons. The normalized spacial score (nSPS) is 10.1. The van der Waals surface area contributed by atoms with Crippen molar-refractivity contribution in [3.63, 3.8) is 0 Å². The van der Waals surface area contributed by atoms with Crippen molar-refractivity contribution in [3.8, 4) is 11.9 Å². The van der Waals surface area contributed by atoms with Gasteiger partial charge in [0.25, 0.3) is 5.91 Å². The number of esters is 1. The van der Waals surface area contributed by atoms with Crippen molar-refractivity contribution in [3.05, 3.63) is 52.7 Å². The molecule has 0 atom stereocenters. The fourth-order valence-corrected chi connectivity index (χ4v) is 2.76. The van der Waals surface area contributed by atoms with E-state index in [-0.39, 0.29) is 31.2 Å². The number of ether oxygens (including phenoxy) is 2. The number of pyridine rings is 1. The zero-order valence-electron chi connectivity index (χ0n) is 16.5. The summed E-state index contributed by atoms with van der Waals surface area (Å²) in [6.45, 7) is 6.75. The van der Waals surface area contributed by atoms with Crippen LogP contribution in [0.2, 0.25) is 0 Å². The highest BCUT2D eigenvalue weighted by Crippen LogP contribution is 2.22. The van der Waals surface area contributed by atoms with Gasteiger partial charge in [-0.2, -0.15) is 5.26 Å². The summed E-state index contributed by atoms with van der Waals surface area (Å²) in [5, 5.41) is 9.33. The molecule has 0 fully saturated rings. The van der Waals surface area contributed by atoms with E-state index in [4.69, 9.17) is 9.47 Å². The molecule has 7 heteroatoms. The number of nitrogens with zero attached hydrogens (tertiary/aromatic N) is 3. The molecule has 146 valence electrons. The Labute approximate surface area is 164 Å². The predicted octanol–water partition coefficient (Wildman–Crippen LogP) is 2.85. The first-order valence-electron chi connectivity index (χ1n) is 8.90. The summed E-state index contributed by atoms with van der Waals surface area (Å²) < 4.78 is 10.5. The smallest absolute Gasteiger partial charge is 0.326 e. The molecule has 0 aliphatic carbocycles. The van der Waals surface area contributed by atoms with Crippen LogP contribution in [0.3, 0.4) is 0 Å². The molecule has 7 nitrogen and oxygen atoms in total. The summed E-state index contributed by atoms with van der Waals surface area (Å²) in [5.74, 6) is -0.845. The number of para-hydroxylation sites is 1. The molecule has 2 rings (SSSR count). The molecule has 0 aliphatic rings. The summed E-state index contributed by atoms with van der Waals surface area (Å²) >= 11 is 0. The number of carbonyl (C=O) groups is 2. The Balaban J connectivity index is 2.25. The Morgan fingerprint density at radius 1 is 1.18 bits per heavy atom. The standard InChI is InChI=1S/C21H23N3O4/c1-5-27-20(26)12-24(18-9-7-6-8-14(18)2)19(25)13-28-21-17(11-22)15(3)10-16(4)23-21/h6-10H,5,12-13H2,1-4H3. The van der Waals surface area contributed by atoms with Gasteiger partial charge in [0.05, 0.1) is 6.61 Å². The van der Waals surface area contributed by atoms with Crippen molar-refractivity contribution in [1.29, 1.82) is 5.26 Å². The van der Waals surface area contributed by atoms with Gasteiger partial charge in [0.1, 0.15) is 18.2 Å². The Morgan fingerprint density at radius 3 is 2.54 bits per heavy atom. The van der Waals surface area contributed by atoms with Crippen LogP contribution in [0, 0.1) is 32.1 Å². The van der Waals surface area contributed by atoms with Crippen LogP contribution in [0.15, 0.2) is 30.3 Å². The van der Waals surface area contributed by atoms with E-state index in [1.54, 1.807) is 39.0 Å². The number of rotatable bonds is 7. The SMILES string of the molecule is CCOC(=O)CN(C(=O)COc1nc(C)cc(C)c1C#N)c1ccccc1C. The van der Waals surface area contributed by atoms with Crippen molar-refractivity contribution < 1.29 is 19.1 Å². The van der Waals surface area contributed by atoms with E-state index in [0.717, 1.165) is 11.1 Å². The molecule has 1 aromatic carbocycles. The molecule has 0 saturated heterocycles. The lowest BCUT2D eigenvalue weighted by Gasteiger charge is -2.23. The van der Waals surface area contributed by atoms with E-state index in [1.807, 2.05) is 25.1 Å². The molecule has 0 saturated carbocycles. The van der Waals surface area contributed by atoms with Gasteiger partial charge in [-0.15, -0.1) is 0 Å². The van der Waals surface area contributed by atoms with Crippen molar-refractivity contribution in [2.24, 2.45) is 0 Å². The van der Waals surface area contributed by atoms with E-state index in [1.165, 1.54) is 4.90 Å². The summed E-state index contributed by atoms with van der Waals surface area (Å²) in [4.78, 5) is 30.4. The average molecular weight is 381 g/mol. The monoisotopic (exact) mass is 381 g/mol. The Morgan fingerprint density at radius 2 is 1.89 bits per heavy atom. The molecule has 0 aliphatic heterocycles. The topological polar surface area (TPSA) is 92.5 Å². The number of hydrogen-bond donors (Lipinski definition) is 0. The quantitative estimate of drug-likeness (QED) is 0.685. The van der Waals surface area contributed by atoms with Crippen molar-refractivity contribution in [2.45, 2.75) is 27.7 Å². The van der Waals surface area contributed by atoms with E-state index >= 15 is 0 Å². The molecule has 0 bridgehead atoms. The van der Waals surface area contributed by atoms with Gasteiger partial charge in [-0.05, 0) is 51.0 Å². The first-order chi connectivity index (χ1) is 13.4. The van der Waals surface area contributed by atoms with E-state index in [0.29, 0.717) is 11.4 Å². The lowest BCUT2D eigenvalue weighted by molar-refractivity contribution is -0.142.